The number of hydrogen-bond donors (Lipinski definition) is 2. The molecule has 3 aliphatic rings. The number of piperazine rings is 1. The quantitative estimate of drug-likeness (QED) is 0.628. The van der Waals surface area contributed by atoms with Gasteiger partial charge in [-0.15, -0.1) is 0 Å². The highest BCUT2D eigenvalue weighted by Gasteiger charge is 2.32. The number of nitrogens with one attached hydrogen (secondary N) is 2. The molecule has 4 heterocycles. The van der Waals surface area contributed by atoms with Crippen LogP contribution in [0.15, 0.2) is 12.7 Å². The lowest BCUT2D eigenvalue weighted by Gasteiger charge is -2.41. The van der Waals surface area contributed by atoms with Crippen LogP contribution in [0.1, 0.15) is 30.5 Å². The van der Waals surface area contributed by atoms with E-state index in [1.165, 1.54) is 32.0 Å². The summed E-state index contributed by atoms with van der Waals surface area (Å²) in [4.78, 5) is 24.9. The molecule has 2 fully saturated rings. The highest BCUT2D eigenvalue weighted by atomic mass is 32.2. The fourth-order valence-electron chi connectivity index (χ4n) is 4.03. The zero-order chi connectivity index (χ0) is 24.1. The zero-order valence-corrected chi connectivity index (χ0v) is 20.9. The maximum atomic E-state index is 12.1. The summed E-state index contributed by atoms with van der Waals surface area (Å²) in [5.74, 6) is 0.725. The number of aromatic nitrogens is 2. The third kappa shape index (κ3) is 7.88. The third-order valence-corrected chi connectivity index (χ3v) is 5.60. The van der Waals surface area contributed by atoms with Crippen LogP contribution < -0.4 is 20.3 Å². The van der Waals surface area contributed by atoms with E-state index in [4.69, 9.17) is 10.00 Å². The van der Waals surface area contributed by atoms with Crippen molar-refractivity contribution < 1.29 is 9.53 Å². The zero-order valence-electron chi connectivity index (χ0n) is 20.1. The molecule has 10 heteroatoms. The van der Waals surface area contributed by atoms with E-state index in [2.05, 4.69) is 38.1 Å². The molecule has 0 radical (unpaired) electrons. The summed E-state index contributed by atoms with van der Waals surface area (Å²) in [5.41, 5.74) is 2.08. The van der Waals surface area contributed by atoms with Crippen LogP contribution in [-0.2, 0) is 17.8 Å². The second kappa shape index (κ2) is 14.7. The van der Waals surface area contributed by atoms with Gasteiger partial charge in [0.15, 0.2) is 0 Å². The average Bonchev–Trinajstić information content (AvgIpc) is 3.44. The Balaban J connectivity index is 0.000000410. The Hall–Kier alpha value is -2.35. The maximum Gasteiger partial charge on any atom is 0.318 e. The minimum atomic E-state index is -0.178. The first-order valence-corrected chi connectivity index (χ1v) is 13.0. The van der Waals surface area contributed by atoms with Crippen molar-refractivity contribution in [1.82, 2.24) is 25.5 Å². The van der Waals surface area contributed by atoms with Crippen LogP contribution in [0.5, 0.6) is 6.01 Å². The number of rotatable bonds is 4. The molecule has 33 heavy (non-hydrogen) atoms. The van der Waals surface area contributed by atoms with Gasteiger partial charge in [-0.3, -0.25) is 4.79 Å². The molecule has 0 saturated carbocycles. The lowest BCUT2D eigenvalue weighted by atomic mass is 10.0. The van der Waals surface area contributed by atoms with Gasteiger partial charge in [0.2, 0.25) is 5.91 Å². The molecule has 182 valence electrons. The Kier molecular flexibility index (Phi) is 12.0. The summed E-state index contributed by atoms with van der Waals surface area (Å²) in [6.45, 7) is 9.38. The second-order valence-corrected chi connectivity index (χ2v) is 8.77. The number of methoxy groups -OCH3 is 1. The monoisotopic (exact) mass is 475 g/mol. The Labute approximate surface area is 202 Å². The molecular weight excluding hydrogens is 438 g/mol. The Morgan fingerprint density at radius 3 is 2.58 bits per heavy atom. The first kappa shape index (κ1) is 26.9. The van der Waals surface area contributed by atoms with Crippen LogP contribution >= 0.6 is 11.8 Å². The number of anilines is 1. The molecule has 3 aliphatic heterocycles. The number of thioether (sulfide) groups is 1. The lowest BCUT2D eigenvalue weighted by Crippen LogP contribution is -2.55. The third-order valence-electron chi connectivity index (χ3n) is 5.60. The van der Waals surface area contributed by atoms with E-state index in [0.717, 1.165) is 30.0 Å². The van der Waals surface area contributed by atoms with Crippen molar-refractivity contribution in [3.63, 3.8) is 0 Å². The van der Waals surface area contributed by atoms with E-state index in [9.17, 15) is 4.79 Å². The van der Waals surface area contributed by atoms with E-state index >= 15 is 0 Å². The lowest BCUT2D eigenvalue weighted by molar-refractivity contribution is -0.128. The van der Waals surface area contributed by atoms with Gasteiger partial charge in [-0.25, -0.2) is 0 Å². The maximum absolute atomic E-state index is 12.1. The summed E-state index contributed by atoms with van der Waals surface area (Å²) in [5, 5.41) is 15.7. The van der Waals surface area contributed by atoms with Crippen molar-refractivity contribution in [3.8, 4) is 12.1 Å². The number of nitrogens with zero attached hydrogens (tertiary/aromatic N) is 5. The minimum absolute atomic E-state index is 0.133. The SMILES string of the molecule is C1CCNC1.C=CC(=O)N1CCN(c2nc(OC)nc3c2CCNC3)CC1CC#N.CSC. The Morgan fingerprint density at radius 1 is 1.27 bits per heavy atom. The van der Waals surface area contributed by atoms with Crippen molar-refractivity contribution in [1.29, 1.82) is 5.26 Å². The molecule has 0 bridgehead atoms. The molecule has 1 atom stereocenters. The molecule has 2 saturated heterocycles. The summed E-state index contributed by atoms with van der Waals surface area (Å²) < 4.78 is 5.26. The van der Waals surface area contributed by atoms with Crippen molar-refractivity contribution in [2.45, 2.75) is 38.3 Å². The van der Waals surface area contributed by atoms with E-state index in [-0.39, 0.29) is 18.4 Å². The fraction of sp³-hybridized carbons (Fsp3) is 0.652. The normalized spacial score (nSPS) is 19.2. The standard InChI is InChI=1S/C17H22N6O2.C4H9N.C2H6S/c1-3-15(24)23-9-8-22(11-12(23)4-6-18)16-13-5-7-19-10-14(13)20-17(21-16)25-2;1-2-4-5-3-1;1-3-2/h3,12,19H,1,4-5,7-11H2,2H3;5H,1-4H2;1-2H3. The van der Waals surface area contributed by atoms with Crippen LogP contribution in [0.25, 0.3) is 0 Å². The fourth-order valence-corrected chi connectivity index (χ4v) is 4.03. The predicted octanol–water partition coefficient (Wildman–Crippen LogP) is 1.60. The summed E-state index contributed by atoms with van der Waals surface area (Å²) in [7, 11) is 1.56. The molecule has 1 aromatic rings. The molecule has 0 aromatic carbocycles. The molecule has 1 amide bonds. The molecule has 1 aromatic heterocycles. The van der Waals surface area contributed by atoms with Gasteiger partial charge in [-0.05, 0) is 57.5 Å². The summed E-state index contributed by atoms with van der Waals surface area (Å²) >= 11 is 1.75. The van der Waals surface area contributed by atoms with Crippen molar-refractivity contribution in [3.05, 3.63) is 23.9 Å². The van der Waals surface area contributed by atoms with Gasteiger partial charge in [-0.1, -0.05) is 6.58 Å². The molecule has 4 rings (SSSR count). The largest absolute Gasteiger partial charge is 0.467 e. The van der Waals surface area contributed by atoms with Crippen LogP contribution in [0.4, 0.5) is 5.82 Å². The molecule has 2 N–H and O–H groups in total. The molecule has 0 aliphatic carbocycles. The van der Waals surface area contributed by atoms with E-state index in [1.54, 1.807) is 23.8 Å². The Morgan fingerprint density at radius 2 is 2.00 bits per heavy atom. The van der Waals surface area contributed by atoms with E-state index in [0.29, 0.717) is 32.2 Å². The first-order valence-electron chi connectivity index (χ1n) is 11.4. The highest BCUT2D eigenvalue weighted by Crippen LogP contribution is 2.28. The van der Waals surface area contributed by atoms with Crippen molar-refractivity contribution >= 4 is 23.5 Å². The van der Waals surface area contributed by atoms with Gasteiger partial charge in [0.25, 0.3) is 0 Å². The first-order chi connectivity index (χ1) is 16.1. The Bertz CT molecular complexity index is 803. The number of hydrogen-bond acceptors (Lipinski definition) is 9. The number of carbonyl (C=O) groups is 1. The van der Waals surface area contributed by atoms with Gasteiger partial charge < -0.3 is 25.2 Å². The van der Waals surface area contributed by atoms with Crippen molar-refractivity contribution in [2.24, 2.45) is 0 Å². The smallest absolute Gasteiger partial charge is 0.318 e. The van der Waals surface area contributed by atoms with Crippen LogP contribution in [0, 0.1) is 11.3 Å². The van der Waals surface area contributed by atoms with Crippen LogP contribution in [0.3, 0.4) is 0 Å². The molecule has 1 unspecified atom stereocenters. The second-order valence-electron chi connectivity index (χ2n) is 7.95. The summed E-state index contributed by atoms with van der Waals surface area (Å²) in [6.07, 6.45) is 9.30. The van der Waals surface area contributed by atoms with Gasteiger partial charge in [0.1, 0.15) is 5.82 Å². The molecule has 0 spiro atoms. The number of amides is 1. The minimum Gasteiger partial charge on any atom is -0.467 e. The van der Waals surface area contributed by atoms with E-state index < -0.39 is 0 Å². The number of nitriles is 1. The number of ether oxygens (including phenoxy) is 1. The average molecular weight is 476 g/mol. The number of carbonyl (C=O) groups excluding carboxylic acids is 1. The molecule has 9 nitrogen and oxygen atoms in total. The van der Waals surface area contributed by atoms with E-state index in [1.807, 2.05) is 12.5 Å². The highest BCUT2D eigenvalue weighted by molar-refractivity contribution is 7.97. The van der Waals surface area contributed by atoms with Gasteiger partial charge in [-0.2, -0.15) is 27.0 Å². The number of fused-ring (bicyclic) bond motifs is 1. The topological polar surface area (TPSA) is 106 Å². The summed E-state index contributed by atoms with van der Waals surface area (Å²) in [6, 6.07) is 2.35. The van der Waals surface area contributed by atoms with Crippen LogP contribution in [-0.4, -0.2) is 85.7 Å². The van der Waals surface area contributed by atoms with Crippen LogP contribution in [0.2, 0.25) is 0 Å². The predicted molar refractivity (Wildman–Crippen MR) is 134 cm³/mol. The van der Waals surface area contributed by atoms with Gasteiger partial charge >= 0.3 is 6.01 Å². The van der Waals surface area contributed by atoms with Gasteiger partial charge in [0, 0.05) is 31.7 Å². The van der Waals surface area contributed by atoms with Gasteiger partial charge in [0.05, 0.1) is 31.3 Å². The van der Waals surface area contributed by atoms with Crippen molar-refractivity contribution in [2.75, 3.05) is 63.8 Å². The molecular formula is C23H37N7O2S.